The number of ketones is 1. The van der Waals surface area contributed by atoms with E-state index in [-0.39, 0.29) is 5.78 Å². The van der Waals surface area contributed by atoms with Gasteiger partial charge in [-0.05, 0) is 26.3 Å². The third kappa shape index (κ3) is 2.83. The highest BCUT2D eigenvalue weighted by molar-refractivity contribution is 5.96. The Bertz CT molecular complexity index is 348. The van der Waals surface area contributed by atoms with Crippen LogP contribution in [0.1, 0.15) is 42.5 Å². The lowest BCUT2D eigenvalue weighted by Gasteiger charge is -2.02. The predicted molar refractivity (Wildman–Crippen MR) is 55.8 cm³/mol. The van der Waals surface area contributed by atoms with Crippen molar-refractivity contribution in [1.29, 1.82) is 0 Å². The van der Waals surface area contributed by atoms with Gasteiger partial charge in [0.2, 0.25) is 0 Å². The molecule has 14 heavy (non-hydrogen) atoms. The molecule has 0 saturated heterocycles. The minimum absolute atomic E-state index is 0.0752. The van der Waals surface area contributed by atoms with E-state index in [2.05, 4.69) is 0 Å². The normalized spacial score (nSPS) is 8.93. The van der Waals surface area contributed by atoms with E-state index in [4.69, 9.17) is 4.42 Å². The number of aryl methyl sites for hydroxylation is 2. The summed E-state index contributed by atoms with van der Waals surface area (Å²) in [4.78, 5) is 21.8. The van der Waals surface area contributed by atoms with Crippen LogP contribution >= 0.6 is 0 Å². The first-order valence-electron chi connectivity index (χ1n) is 4.64. The van der Waals surface area contributed by atoms with Gasteiger partial charge in [0.05, 0.1) is 5.56 Å². The van der Waals surface area contributed by atoms with Gasteiger partial charge in [-0.1, -0.05) is 13.8 Å². The Morgan fingerprint density at radius 2 is 1.79 bits per heavy atom. The summed E-state index contributed by atoms with van der Waals surface area (Å²) in [5.41, 5.74) is 0.779. The van der Waals surface area contributed by atoms with Crippen molar-refractivity contribution in [2.75, 3.05) is 0 Å². The molecule has 1 aromatic rings. The van der Waals surface area contributed by atoms with E-state index in [1.165, 1.54) is 13.0 Å². The second-order valence-electron chi connectivity index (χ2n) is 2.74. The Hall–Kier alpha value is -1.38. The molecule has 0 bridgehead atoms. The third-order valence-electron chi connectivity index (χ3n) is 1.69. The molecule has 0 N–H and O–H groups in total. The average molecular weight is 196 g/mol. The second-order valence-corrected chi connectivity index (χ2v) is 2.74. The molecule has 0 aliphatic carbocycles. The fourth-order valence-corrected chi connectivity index (χ4v) is 1.28. The van der Waals surface area contributed by atoms with Crippen LogP contribution in [0.2, 0.25) is 0 Å². The van der Waals surface area contributed by atoms with Crippen molar-refractivity contribution in [2.24, 2.45) is 0 Å². The monoisotopic (exact) mass is 196 g/mol. The molecular weight excluding hydrogens is 180 g/mol. The molecule has 0 spiro atoms. The van der Waals surface area contributed by atoms with Gasteiger partial charge in [-0.3, -0.25) is 4.79 Å². The summed E-state index contributed by atoms with van der Waals surface area (Å²) in [6, 6.07) is 1.32. The Balaban J connectivity index is 0.000000791. The molecule has 0 saturated carbocycles. The highest BCUT2D eigenvalue weighted by Crippen LogP contribution is 2.10. The van der Waals surface area contributed by atoms with Gasteiger partial charge in [-0.2, -0.15) is 0 Å². The Kier molecular flexibility index (Phi) is 4.84. The number of rotatable bonds is 1. The van der Waals surface area contributed by atoms with Gasteiger partial charge in [0.1, 0.15) is 5.76 Å². The summed E-state index contributed by atoms with van der Waals surface area (Å²) in [5, 5.41) is 0. The molecule has 0 aliphatic heterocycles. The Labute approximate surface area is 83.8 Å². The van der Waals surface area contributed by atoms with Crippen molar-refractivity contribution in [3.63, 3.8) is 0 Å². The quantitative estimate of drug-likeness (QED) is 0.648. The van der Waals surface area contributed by atoms with Crippen molar-refractivity contribution in [3.8, 4) is 0 Å². The van der Waals surface area contributed by atoms with Crippen molar-refractivity contribution in [2.45, 2.75) is 34.6 Å². The molecule has 0 fully saturated rings. The van der Waals surface area contributed by atoms with E-state index in [1.807, 2.05) is 13.8 Å². The summed E-state index contributed by atoms with van der Waals surface area (Å²) in [6.45, 7) is 8.79. The average Bonchev–Trinajstić information content (AvgIpc) is 2.04. The zero-order valence-corrected chi connectivity index (χ0v) is 9.30. The summed E-state index contributed by atoms with van der Waals surface area (Å²) in [7, 11) is 0. The van der Waals surface area contributed by atoms with Gasteiger partial charge in [-0.25, -0.2) is 4.79 Å². The van der Waals surface area contributed by atoms with Gasteiger partial charge in [0.15, 0.2) is 5.78 Å². The number of Topliss-reactive ketones (excluding diaryl/α,β-unsaturated/α-hetero) is 1. The number of hydrogen-bond acceptors (Lipinski definition) is 3. The molecule has 3 nitrogen and oxygen atoms in total. The molecule has 0 aliphatic rings. The summed E-state index contributed by atoms with van der Waals surface area (Å²) < 4.78 is 4.77. The van der Waals surface area contributed by atoms with Crippen LogP contribution in [0.5, 0.6) is 0 Å². The number of hydrogen-bond donors (Lipinski definition) is 0. The first-order chi connectivity index (χ1) is 6.52. The summed E-state index contributed by atoms with van der Waals surface area (Å²) in [6.07, 6.45) is 0. The van der Waals surface area contributed by atoms with E-state index >= 15 is 0 Å². The molecule has 0 amide bonds. The maximum atomic E-state index is 11.0. The fraction of sp³-hybridized carbons (Fsp3) is 0.455. The van der Waals surface area contributed by atoms with Crippen molar-refractivity contribution in [3.05, 3.63) is 33.4 Å². The highest BCUT2D eigenvalue weighted by atomic mass is 16.4. The molecule has 1 rings (SSSR count). The van der Waals surface area contributed by atoms with Crippen LogP contribution in [0.25, 0.3) is 0 Å². The van der Waals surface area contributed by atoms with Crippen LogP contribution in [-0.4, -0.2) is 5.78 Å². The van der Waals surface area contributed by atoms with Gasteiger partial charge < -0.3 is 4.42 Å². The van der Waals surface area contributed by atoms with Crippen LogP contribution in [0, 0.1) is 13.8 Å². The maximum Gasteiger partial charge on any atom is 0.336 e. The number of carbonyl (C=O) groups excluding carboxylic acids is 1. The third-order valence-corrected chi connectivity index (χ3v) is 1.69. The topological polar surface area (TPSA) is 47.3 Å². The Morgan fingerprint density at radius 1 is 1.29 bits per heavy atom. The molecule has 0 unspecified atom stereocenters. The van der Waals surface area contributed by atoms with E-state index in [9.17, 15) is 9.59 Å². The van der Waals surface area contributed by atoms with Crippen molar-refractivity contribution >= 4 is 5.78 Å². The first kappa shape index (κ1) is 12.6. The molecule has 78 valence electrons. The molecule has 0 atom stereocenters. The van der Waals surface area contributed by atoms with Crippen molar-refractivity contribution in [1.82, 2.24) is 0 Å². The molecule has 3 heteroatoms. The first-order valence-corrected chi connectivity index (χ1v) is 4.64. The molecule has 1 heterocycles. The molecular formula is C11H16O3. The zero-order valence-electron chi connectivity index (χ0n) is 9.30. The van der Waals surface area contributed by atoms with Gasteiger partial charge in [0.25, 0.3) is 0 Å². The van der Waals surface area contributed by atoms with E-state index in [0.717, 1.165) is 0 Å². The van der Waals surface area contributed by atoms with Gasteiger partial charge >= 0.3 is 5.63 Å². The van der Waals surface area contributed by atoms with Crippen molar-refractivity contribution < 1.29 is 9.21 Å². The van der Waals surface area contributed by atoms with Crippen LogP contribution < -0.4 is 5.63 Å². The number of carbonyl (C=O) groups is 1. The molecule has 0 aromatic carbocycles. The van der Waals surface area contributed by atoms with Gasteiger partial charge in [0, 0.05) is 6.07 Å². The summed E-state index contributed by atoms with van der Waals surface area (Å²) >= 11 is 0. The fourth-order valence-electron chi connectivity index (χ4n) is 1.28. The van der Waals surface area contributed by atoms with Crippen LogP contribution in [-0.2, 0) is 0 Å². The predicted octanol–water partition coefficient (Wildman–Crippen LogP) is 2.49. The Morgan fingerprint density at radius 3 is 2.14 bits per heavy atom. The minimum atomic E-state index is -0.407. The molecule has 0 radical (unpaired) electrons. The minimum Gasteiger partial charge on any atom is -0.427 e. The smallest absolute Gasteiger partial charge is 0.336 e. The molecule has 1 aromatic heterocycles. The standard InChI is InChI=1S/C9H10O3.C2H6/c1-5-4-8(11)12-7(3)9(5)6(2)10;1-2/h4H,1-3H3;1-2H3. The highest BCUT2D eigenvalue weighted by Gasteiger charge is 2.09. The van der Waals surface area contributed by atoms with E-state index < -0.39 is 5.63 Å². The maximum absolute atomic E-state index is 11.0. The summed E-state index contributed by atoms with van der Waals surface area (Å²) in [5.74, 6) is 0.321. The largest absolute Gasteiger partial charge is 0.427 e. The lowest BCUT2D eigenvalue weighted by atomic mass is 10.1. The van der Waals surface area contributed by atoms with Crippen LogP contribution in [0.4, 0.5) is 0 Å². The van der Waals surface area contributed by atoms with Crippen LogP contribution in [0.15, 0.2) is 15.3 Å². The SMILES string of the molecule is CC.CC(=O)c1c(C)cc(=O)oc1C. The van der Waals surface area contributed by atoms with E-state index in [1.54, 1.807) is 13.8 Å². The lowest BCUT2D eigenvalue weighted by molar-refractivity contribution is 0.101. The van der Waals surface area contributed by atoms with Crippen LogP contribution in [0.3, 0.4) is 0 Å². The van der Waals surface area contributed by atoms with E-state index in [0.29, 0.717) is 16.9 Å². The lowest BCUT2D eigenvalue weighted by Crippen LogP contribution is -2.07. The zero-order chi connectivity index (χ0) is 11.3. The second kappa shape index (κ2) is 5.37. The van der Waals surface area contributed by atoms with Gasteiger partial charge in [-0.15, -0.1) is 0 Å².